The van der Waals surface area contributed by atoms with Gasteiger partial charge < -0.3 is 10.6 Å². The molecule has 2 N–H and O–H groups in total. The summed E-state index contributed by atoms with van der Waals surface area (Å²) < 4.78 is 25.2. The maximum atomic E-state index is 12.6. The molecular weight excluding hydrogens is 352 g/mol. The van der Waals surface area contributed by atoms with Crippen molar-refractivity contribution in [1.29, 1.82) is 0 Å². The molecule has 1 aliphatic rings. The number of carbonyl (C=O) groups is 1. The minimum atomic E-state index is -3.91. The van der Waals surface area contributed by atoms with E-state index in [0.717, 1.165) is 4.88 Å². The van der Waals surface area contributed by atoms with Crippen molar-refractivity contribution in [3.63, 3.8) is 0 Å². The molecule has 2 aromatic heterocycles. The number of oxime groups is 1. The second-order valence-electron chi connectivity index (χ2n) is 5.10. The van der Waals surface area contributed by atoms with E-state index in [9.17, 15) is 13.2 Å². The zero-order chi connectivity index (χ0) is 17.2. The highest BCUT2D eigenvalue weighted by Crippen LogP contribution is 2.23. The van der Waals surface area contributed by atoms with Gasteiger partial charge in [-0.3, -0.25) is 4.79 Å². The minimum absolute atomic E-state index is 0.309. The van der Waals surface area contributed by atoms with Gasteiger partial charge in [-0.2, -0.15) is 0 Å². The van der Waals surface area contributed by atoms with Crippen molar-refractivity contribution >= 4 is 32.8 Å². The summed E-state index contributed by atoms with van der Waals surface area (Å²) in [6, 6.07) is 5.31. The molecule has 0 saturated heterocycles. The third kappa shape index (κ3) is 3.44. The Hall–Kier alpha value is -2.33. The highest BCUT2D eigenvalue weighted by molar-refractivity contribution is 7.91. The minimum Gasteiger partial charge on any atom is -0.395 e. The number of nitrogens with two attached hydrogens (primary N) is 1. The molecule has 126 valence electrons. The number of sulfone groups is 1. The van der Waals surface area contributed by atoms with Crippen LogP contribution in [0.2, 0.25) is 0 Å². The van der Waals surface area contributed by atoms with Crippen molar-refractivity contribution in [3.05, 3.63) is 29.8 Å². The fraction of sp³-hybridized carbons (Fsp3) is 0.286. The zero-order valence-electron chi connectivity index (χ0n) is 12.5. The van der Waals surface area contributed by atoms with Gasteiger partial charge in [-0.1, -0.05) is 11.2 Å². The monoisotopic (exact) mass is 366 g/mol. The average Bonchev–Trinajstić information content (AvgIpc) is 3.26. The maximum absolute atomic E-state index is 12.6. The van der Waals surface area contributed by atoms with Crippen LogP contribution in [-0.2, 0) is 19.5 Å². The largest absolute Gasteiger partial charge is 0.395 e. The van der Waals surface area contributed by atoms with E-state index < -0.39 is 27.4 Å². The lowest BCUT2D eigenvalue weighted by molar-refractivity contribution is -0.119. The Bertz CT molecular complexity index is 878. The van der Waals surface area contributed by atoms with Gasteiger partial charge in [0.1, 0.15) is 6.61 Å². The molecule has 10 heteroatoms. The summed E-state index contributed by atoms with van der Waals surface area (Å²) in [4.78, 5) is 25.2. The highest BCUT2D eigenvalue weighted by Gasteiger charge is 2.33. The Morgan fingerprint density at radius 3 is 2.88 bits per heavy atom. The van der Waals surface area contributed by atoms with E-state index in [-0.39, 0.29) is 5.16 Å². The van der Waals surface area contributed by atoms with E-state index in [1.807, 2.05) is 17.5 Å². The molecule has 0 bridgehead atoms. The predicted molar refractivity (Wildman–Crippen MR) is 88.1 cm³/mol. The first-order valence-electron chi connectivity index (χ1n) is 7.05. The van der Waals surface area contributed by atoms with Crippen molar-refractivity contribution in [2.24, 2.45) is 16.8 Å². The van der Waals surface area contributed by atoms with Gasteiger partial charge in [-0.15, -0.1) is 11.3 Å². The van der Waals surface area contributed by atoms with Gasteiger partial charge in [0, 0.05) is 12.6 Å². The molecule has 0 saturated carbocycles. The summed E-state index contributed by atoms with van der Waals surface area (Å²) in [6.45, 7) is 0.309. The molecule has 0 radical (unpaired) electrons. The van der Waals surface area contributed by atoms with Crippen molar-refractivity contribution < 1.29 is 18.0 Å². The van der Waals surface area contributed by atoms with Crippen LogP contribution in [0.15, 0.2) is 40.1 Å². The van der Waals surface area contributed by atoms with Crippen molar-refractivity contribution in [1.82, 2.24) is 9.97 Å². The molecule has 1 aliphatic heterocycles. The van der Waals surface area contributed by atoms with Gasteiger partial charge in [-0.05, 0) is 17.5 Å². The van der Waals surface area contributed by atoms with Gasteiger partial charge in [0.2, 0.25) is 20.9 Å². The van der Waals surface area contributed by atoms with Crippen molar-refractivity contribution in [2.45, 2.75) is 11.6 Å². The van der Waals surface area contributed by atoms with E-state index in [0.29, 0.717) is 24.4 Å². The van der Waals surface area contributed by atoms with E-state index >= 15 is 0 Å². The number of thiophene rings is 1. The summed E-state index contributed by atoms with van der Waals surface area (Å²) in [7, 11) is -3.91. The molecule has 3 heterocycles. The van der Waals surface area contributed by atoms with Crippen molar-refractivity contribution in [3.8, 4) is 10.6 Å². The van der Waals surface area contributed by atoms with Gasteiger partial charge >= 0.3 is 0 Å². The molecule has 0 spiro atoms. The predicted octanol–water partition coefficient (Wildman–Crippen LogP) is 0.857. The molecule has 8 nitrogen and oxygen atoms in total. The topological polar surface area (TPSA) is 125 Å². The number of hydrogen-bond donors (Lipinski definition) is 1. The Labute approximate surface area is 142 Å². The Balaban J connectivity index is 1.90. The van der Waals surface area contributed by atoms with E-state index in [1.54, 1.807) is 6.07 Å². The first kappa shape index (κ1) is 16.5. The normalized spacial score (nSPS) is 15.6. The quantitative estimate of drug-likeness (QED) is 0.756. The van der Waals surface area contributed by atoms with Crippen LogP contribution in [0, 0.1) is 5.92 Å². The molecule has 0 fully saturated rings. The Morgan fingerprint density at radius 2 is 2.25 bits per heavy atom. The maximum Gasteiger partial charge on any atom is 0.247 e. The first-order chi connectivity index (χ1) is 11.5. The summed E-state index contributed by atoms with van der Waals surface area (Å²) in [5, 5.41) is 5.24. The first-order valence-corrected chi connectivity index (χ1v) is 9.58. The van der Waals surface area contributed by atoms with Gasteiger partial charge in [0.25, 0.3) is 0 Å². The van der Waals surface area contributed by atoms with Gasteiger partial charge in [0.05, 0.1) is 28.0 Å². The molecule has 1 atom stereocenters. The summed E-state index contributed by atoms with van der Waals surface area (Å²) in [5.74, 6) is -2.35. The van der Waals surface area contributed by atoms with E-state index in [1.165, 1.54) is 17.5 Å². The Morgan fingerprint density at radius 1 is 1.42 bits per heavy atom. The highest BCUT2D eigenvalue weighted by atomic mass is 32.2. The third-order valence-electron chi connectivity index (χ3n) is 3.45. The second-order valence-corrected chi connectivity index (χ2v) is 7.98. The van der Waals surface area contributed by atoms with E-state index in [2.05, 4.69) is 15.1 Å². The number of rotatable bonds is 6. The fourth-order valence-corrected chi connectivity index (χ4v) is 4.35. The zero-order valence-corrected chi connectivity index (χ0v) is 14.1. The number of primary amides is 1. The van der Waals surface area contributed by atoms with Crippen molar-refractivity contribution in [2.75, 3.05) is 12.4 Å². The Kier molecular flexibility index (Phi) is 4.58. The van der Waals surface area contributed by atoms with E-state index in [4.69, 9.17) is 10.6 Å². The number of nitrogens with zero attached hydrogens (tertiary/aromatic N) is 3. The van der Waals surface area contributed by atoms with Crippen LogP contribution >= 0.6 is 11.3 Å². The van der Waals surface area contributed by atoms with Crippen LogP contribution in [-0.4, -0.2) is 42.4 Å². The van der Waals surface area contributed by atoms with Crippen LogP contribution in [0.4, 0.5) is 0 Å². The molecule has 2 aromatic rings. The van der Waals surface area contributed by atoms with Crippen LogP contribution in [0.1, 0.15) is 6.42 Å². The third-order valence-corrected chi connectivity index (χ3v) is 5.87. The average molecular weight is 366 g/mol. The van der Waals surface area contributed by atoms with Crippen LogP contribution in [0.25, 0.3) is 10.6 Å². The number of hydrogen-bond acceptors (Lipinski definition) is 8. The SMILES string of the molecule is NC(=O)C(CS(=O)(=O)c1nccc(-c2cccs2)n1)C1=NOCC1. The molecule has 0 aromatic carbocycles. The molecule has 1 amide bonds. The van der Waals surface area contributed by atoms with Gasteiger partial charge in [-0.25, -0.2) is 18.4 Å². The van der Waals surface area contributed by atoms with Crippen LogP contribution in [0.5, 0.6) is 0 Å². The molecule has 1 unspecified atom stereocenters. The number of amides is 1. The standard InChI is InChI=1S/C14H14N4O4S2/c15-13(19)9(10-4-6-22-18-10)8-24(20,21)14-16-5-3-11(17-14)12-2-1-7-23-12/h1-3,5,7,9H,4,6,8H2,(H2,15,19). The molecular formula is C14H14N4O4S2. The van der Waals surface area contributed by atoms with Gasteiger partial charge in [0.15, 0.2) is 0 Å². The molecule has 0 aliphatic carbocycles. The lowest BCUT2D eigenvalue weighted by atomic mass is 10.0. The summed E-state index contributed by atoms with van der Waals surface area (Å²) in [5.41, 5.74) is 6.17. The van der Waals surface area contributed by atoms with Crippen LogP contribution in [0.3, 0.4) is 0 Å². The lowest BCUT2D eigenvalue weighted by Gasteiger charge is -2.12. The molecule has 24 heavy (non-hydrogen) atoms. The molecule has 3 rings (SSSR count). The second kappa shape index (κ2) is 6.65. The van der Waals surface area contributed by atoms with Crippen LogP contribution < -0.4 is 5.73 Å². The summed E-state index contributed by atoms with van der Waals surface area (Å²) in [6.07, 6.45) is 1.75. The fourth-order valence-electron chi connectivity index (χ4n) is 2.25. The lowest BCUT2D eigenvalue weighted by Crippen LogP contribution is -2.35. The number of aromatic nitrogens is 2. The smallest absolute Gasteiger partial charge is 0.247 e. The number of carbonyl (C=O) groups excluding carboxylic acids is 1. The summed E-state index contributed by atoms with van der Waals surface area (Å²) >= 11 is 1.44.